The molecule has 160 valence electrons. The first-order valence-corrected chi connectivity index (χ1v) is 11.6. The van der Waals surface area contributed by atoms with E-state index in [2.05, 4.69) is 15.0 Å². The van der Waals surface area contributed by atoms with Crippen molar-refractivity contribution in [1.29, 1.82) is 0 Å². The average Bonchev–Trinajstić information content (AvgIpc) is 3.47. The number of aromatic nitrogens is 4. The molecule has 0 aliphatic carbocycles. The summed E-state index contributed by atoms with van der Waals surface area (Å²) in [6.07, 6.45) is 9.41. The summed E-state index contributed by atoms with van der Waals surface area (Å²) in [4.78, 5) is 29.4. The number of carbonyl (C=O) groups excluding carboxylic acids is 1. The molecule has 1 aliphatic heterocycles. The smallest absolute Gasteiger partial charge is 0.254 e. The lowest BCUT2D eigenvalue weighted by atomic mass is 10.1. The summed E-state index contributed by atoms with van der Waals surface area (Å²) in [5.41, 5.74) is 2.47. The number of thioether (sulfide) groups is 1. The summed E-state index contributed by atoms with van der Waals surface area (Å²) in [5, 5.41) is 3.90. The van der Waals surface area contributed by atoms with Gasteiger partial charge in [0.15, 0.2) is 0 Å². The predicted molar refractivity (Wildman–Crippen MR) is 122 cm³/mol. The van der Waals surface area contributed by atoms with Crippen LogP contribution in [0.5, 0.6) is 0 Å². The minimum Gasteiger partial charge on any atom is -0.412 e. The van der Waals surface area contributed by atoms with Crippen molar-refractivity contribution in [2.24, 2.45) is 0 Å². The molecule has 0 saturated carbocycles. The molecule has 0 spiro atoms. The van der Waals surface area contributed by atoms with Gasteiger partial charge in [0.1, 0.15) is 5.01 Å². The zero-order chi connectivity index (χ0) is 20.5. The lowest BCUT2D eigenvalue weighted by Crippen LogP contribution is -2.40. The molecule has 2 N–H and O–H groups in total. The van der Waals surface area contributed by atoms with Crippen LogP contribution in [0.15, 0.2) is 53.3 Å². The Morgan fingerprint density at radius 1 is 1.16 bits per heavy atom. The highest BCUT2D eigenvalue weighted by atomic mass is 32.2. The van der Waals surface area contributed by atoms with Crippen LogP contribution in [0.1, 0.15) is 10.4 Å². The summed E-state index contributed by atoms with van der Waals surface area (Å²) in [5.74, 6) is 0.593. The largest absolute Gasteiger partial charge is 0.412 e. The fourth-order valence-corrected chi connectivity index (χ4v) is 4.75. The molecule has 1 aliphatic rings. The van der Waals surface area contributed by atoms with Crippen LogP contribution in [-0.2, 0) is 4.74 Å². The maximum atomic E-state index is 13.0. The molecule has 0 bridgehead atoms. The van der Waals surface area contributed by atoms with Crippen molar-refractivity contribution in [3.8, 4) is 16.5 Å². The number of ether oxygens (including phenoxy) is 1. The Morgan fingerprint density at radius 2 is 1.94 bits per heavy atom. The molecule has 0 unspecified atom stereocenters. The number of benzene rings is 1. The van der Waals surface area contributed by atoms with Crippen molar-refractivity contribution in [2.75, 3.05) is 32.6 Å². The van der Waals surface area contributed by atoms with E-state index in [0.29, 0.717) is 37.8 Å². The van der Waals surface area contributed by atoms with E-state index in [1.54, 1.807) is 41.7 Å². The van der Waals surface area contributed by atoms with Crippen molar-refractivity contribution < 1.29 is 15.0 Å². The van der Waals surface area contributed by atoms with Gasteiger partial charge in [0, 0.05) is 64.7 Å². The quantitative estimate of drug-likeness (QED) is 0.438. The van der Waals surface area contributed by atoms with Crippen molar-refractivity contribution in [2.45, 2.75) is 4.90 Å². The summed E-state index contributed by atoms with van der Waals surface area (Å²) < 4.78 is 7.31. The number of fused-ring (bicyclic) bond motifs is 1. The molecule has 0 atom stereocenters. The molecule has 0 radical (unpaired) electrons. The van der Waals surface area contributed by atoms with Gasteiger partial charge in [-0.2, -0.15) is 0 Å². The van der Waals surface area contributed by atoms with Gasteiger partial charge in [-0.05, 0) is 18.4 Å². The van der Waals surface area contributed by atoms with Crippen LogP contribution in [0.2, 0.25) is 0 Å². The summed E-state index contributed by atoms with van der Waals surface area (Å²) in [6, 6.07) is 5.84. The molecule has 1 aromatic carbocycles. The van der Waals surface area contributed by atoms with Gasteiger partial charge in [-0.1, -0.05) is 6.07 Å². The molecule has 8 nitrogen and oxygen atoms in total. The Labute approximate surface area is 187 Å². The van der Waals surface area contributed by atoms with E-state index in [9.17, 15) is 4.79 Å². The van der Waals surface area contributed by atoms with Crippen LogP contribution in [0, 0.1) is 0 Å². The summed E-state index contributed by atoms with van der Waals surface area (Å²) in [6.45, 7) is 2.41. The van der Waals surface area contributed by atoms with Gasteiger partial charge in [0.2, 0.25) is 5.95 Å². The second-order valence-electron chi connectivity index (χ2n) is 6.81. The third-order valence-corrected chi connectivity index (χ3v) is 6.65. The molecule has 5 rings (SSSR count). The minimum atomic E-state index is 0. The van der Waals surface area contributed by atoms with Gasteiger partial charge in [0.05, 0.1) is 18.7 Å². The predicted octanol–water partition coefficient (Wildman–Crippen LogP) is 2.91. The Balaban J connectivity index is 0.00000231. The van der Waals surface area contributed by atoms with Gasteiger partial charge in [-0.15, -0.1) is 23.1 Å². The number of rotatable bonds is 4. The Morgan fingerprint density at radius 3 is 2.61 bits per heavy atom. The van der Waals surface area contributed by atoms with E-state index in [0.717, 1.165) is 26.4 Å². The molecule has 4 heterocycles. The van der Waals surface area contributed by atoms with Crippen LogP contribution in [0.3, 0.4) is 0 Å². The normalized spacial score (nSPS) is 13.9. The molecular formula is C21H21N5O3S2. The lowest BCUT2D eigenvalue weighted by Gasteiger charge is -2.26. The van der Waals surface area contributed by atoms with E-state index >= 15 is 0 Å². The number of amides is 1. The number of thiazole rings is 1. The topological polar surface area (TPSA) is 105 Å². The van der Waals surface area contributed by atoms with E-state index in [4.69, 9.17) is 4.74 Å². The highest BCUT2D eigenvalue weighted by Crippen LogP contribution is 2.31. The molecule has 4 aromatic rings. The van der Waals surface area contributed by atoms with Crippen LogP contribution >= 0.6 is 23.1 Å². The third kappa shape index (κ3) is 4.07. The maximum Gasteiger partial charge on any atom is 0.254 e. The monoisotopic (exact) mass is 455 g/mol. The molecule has 1 amide bonds. The highest BCUT2D eigenvalue weighted by Gasteiger charge is 2.20. The van der Waals surface area contributed by atoms with Gasteiger partial charge in [0.25, 0.3) is 5.91 Å². The van der Waals surface area contributed by atoms with E-state index in [1.807, 2.05) is 45.5 Å². The van der Waals surface area contributed by atoms with E-state index in [-0.39, 0.29) is 11.4 Å². The molecular weight excluding hydrogens is 434 g/mol. The standard InChI is InChI=1S/C21H19N5O2S2.H2O/c1-29-18-13-26(21-23-11-15(12-24-21)19-22-4-9-30-19)17-10-14(2-3-16(17)18)20(27)25-5-7-28-8-6-25;/h2-4,9-13H,5-8H2,1H3;1H2. The second kappa shape index (κ2) is 9.15. The van der Waals surface area contributed by atoms with Crippen molar-refractivity contribution >= 4 is 39.9 Å². The first-order valence-electron chi connectivity index (χ1n) is 9.53. The van der Waals surface area contributed by atoms with Crippen LogP contribution in [-0.4, -0.2) is 68.4 Å². The first kappa shape index (κ1) is 21.4. The average molecular weight is 456 g/mol. The number of nitrogens with zero attached hydrogens (tertiary/aromatic N) is 5. The Kier molecular flexibility index (Phi) is 6.33. The second-order valence-corrected chi connectivity index (χ2v) is 8.56. The maximum absolute atomic E-state index is 13.0. The number of hydrogen-bond acceptors (Lipinski definition) is 7. The van der Waals surface area contributed by atoms with Gasteiger partial charge < -0.3 is 15.1 Å². The fraction of sp³-hybridized carbons (Fsp3) is 0.238. The van der Waals surface area contributed by atoms with Crippen molar-refractivity contribution in [1.82, 2.24) is 24.4 Å². The lowest BCUT2D eigenvalue weighted by molar-refractivity contribution is 0.0303. The summed E-state index contributed by atoms with van der Waals surface area (Å²) in [7, 11) is 0. The summed E-state index contributed by atoms with van der Waals surface area (Å²) >= 11 is 3.22. The SMILES string of the molecule is CSc1cn(-c2ncc(-c3nccs3)cn2)c2cc(C(=O)N3CCOCC3)ccc12.O. The van der Waals surface area contributed by atoms with E-state index in [1.165, 1.54) is 0 Å². The Bertz CT molecular complexity index is 1190. The van der Waals surface area contributed by atoms with Crippen molar-refractivity contribution in [3.05, 3.63) is 53.9 Å². The minimum absolute atomic E-state index is 0. The third-order valence-electron chi connectivity index (χ3n) is 5.07. The first-order chi connectivity index (χ1) is 14.7. The van der Waals surface area contributed by atoms with Gasteiger partial charge >= 0.3 is 0 Å². The number of carbonyl (C=O) groups is 1. The number of hydrogen-bond donors (Lipinski definition) is 0. The van der Waals surface area contributed by atoms with E-state index < -0.39 is 0 Å². The van der Waals surface area contributed by atoms with Gasteiger partial charge in [-0.25, -0.2) is 15.0 Å². The van der Waals surface area contributed by atoms with Gasteiger partial charge in [-0.3, -0.25) is 9.36 Å². The zero-order valence-corrected chi connectivity index (χ0v) is 18.4. The Hall–Kier alpha value is -2.79. The molecule has 3 aromatic heterocycles. The van der Waals surface area contributed by atoms with Crippen LogP contribution < -0.4 is 0 Å². The fourth-order valence-electron chi connectivity index (χ4n) is 3.53. The molecule has 1 fully saturated rings. The molecule has 10 heteroatoms. The number of morpholine rings is 1. The zero-order valence-electron chi connectivity index (χ0n) is 16.8. The molecule has 31 heavy (non-hydrogen) atoms. The van der Waals surface area contributed by atoms with Crippen LogP contribution in [0.25, 0.3) is 27.4 Å². The van der Waals surface area contributed by atoms with Crippen molar-refractivity contribution in [3.63, 3.8) is 0 Å². The van der Waals surface area contributed by atoms with Crippen LogP contribution in [0.4, 0.5) is 0 Å². The molecule has 1 saturated heterocycles. The highest BCUT2D eigenvalue weighted by molar-refractivity contribution is 7.98.